The summed E-state index contributed by atoms with van der Waals surface area (Å²) < 4.78 is 10.4. The number of halogens is 1. The Hall–Kier alpha value is -2.27. The fourth-order valence-electron chi connectivity index (χ4n) is 1.54. The number of ether oxygens (including phenoxy) is 2. The Morgan fingerprint density at radius 2 is 2.00 bits per heavy atom. The largest absolute Gasteiger partial charge is 0.462 e. The standard InChI is InChI=1S/C14H13ClN2O3/c1-2-19-14(18)11-7-8-17-13(12(11)16)20-10-5-3-9(15)4-6-10/h3-8H,2,16H2,1H3. The number of carbonyl (C=O) groups excluding carboxylic acids is 1. The monoisotopic (exact) mass is 292 g/mol. The van der Waals surface area contributed by atoms with Crippen molar-refractivity contribution >= 4 is 23.3 Å². The van der Waals surface area contributed by atoms with Gasteiger partial charge >= 0.3 is 5.97 Å². The molecule has 0 unspecified atom stereocenters. The van der Waals surface area contributed by atoms with Gasteiger partial charge < -0.3 is 15.2 Å². The van der Waals surface area contributed by atoms with E-state index in [1.165, 1.54) is 12.3 Å². The molecule has 0 saturated heterocycles. The van der Waals surface area contributed by atoms with E-state index in [0.717, 1.165) is 0 Å². The lowest BCUT2D eigenvalue weighted by molar-refractivity contribution is 0.0527. The zero-order chi connectivity index (χ0) is 14.5. The van der Waals surface area contributed by atoms with Crippen LogP contribution in [0.15, 0.2) is 36.5 Å². The first kappa shape index (κ1) is 14.1. The molecule has 0 saturated carbocycles. The smallest absolute Gasteiger partial charge is 0.340 e. The molecule has 0 atom stereocenters. The summed E-state index contributed by atoms with van der Waals surface area (Å²) >= 11 is 5.79. The summed E-state index contributed by atoms with van der Waals surface area (Å²) in [4.78, 5) is 15.7. The Morgan fingerprint density at radius 1 is 1.30 bits per heavy atom. The molecule has 0 amide bonds. The van der Waals surface area contributed by atoms with Gasteiger partial charge in [0.25, 0.3) is 0 Å². The highest BCUT2D eigenvalue weighted by molar-refractivity contribution is 6.30. The van der Waals surface area contributed by atoms with E-state index in [9.17, 15) is 4.79 Å². The van der Waals surface area contributed by atoms with Crippen molar-refractivity contribution in [3.05, 3.63) is 47.1 Å². The van der Waals surface area contributed by atoms with Crippen LogP contribution < -0.4 is 10.5 Å². The Morgan fingerprint density at radius 3 is 2.65 bits per heavy atom. The minimum Gasteiger partial charge on any atom is -0.462 e. The minimum absolute atomic E-state index is 0.140. The lowest BCUT2D eigenvalue weighted by Gasteiger charge is -2.10. The van der Waals surface area contributed by atoms with E-state index in [-0.39, 0.29) is 23.7 Å². The molecule has 0 aliphatic carbocycles. The summed E-state index contributed by atoms with van der Waals surface area (Å²) in [5.74, 6) is 0.167. The molecular formula is C14H13ClN2O3. The van der Waals surface area contributed by atoms with E-state index in [2.05, 4.69) is 4.98 Å². The number of esters is 1. The Kier molecular flexibility index (Phi) is 4.42. The third-order valence-corrected chi connectivity index (χ3v) is 2.73. The summed E-state index contributed by atoms with van der Waals surface area (Å²) in [6.07, 6.45) is 1.44. The van der Waals surface area contributed by atoms with Crippen LogP contribution in [0.2, 0.25) is 5.02 Å². The van der Waals surface area contributed by atoms with Crippen molar-refractivity contribution < 1.29 is 14.3 Å². The number of carbonyl (C=O) groups is 1. The first-order valence-corrected chi connectivity index (χ1v) is 6.34. The lowest BCUT2D eigenvalue weighted by Crippen LogP contribution is -2.09. The van der Waals surface area contributed by atoms with Gasteiger partial charge in [-0.15, -0.1) is 0 Å². The maximum Gasteiger partial charge on any atom is 0.340 e. The van der Waals surface area contributed by atoms with E-state index >= 15 is 0 Å². The maximum atomic E-state index is 11.7. The van der Waals surface area contributed by atoms with Crippen LogP contribution in [-0.4, -0.2) is 17.6 Å². The highest BCUT2D eigenvalue weighted by Crippen LogP contribution is 2.28. The maximum absolute atomic E-state index is 11.7. The van der Waals surface area contributed by atoms with Crippen molar-refractivity contribution in [2.45, 2.75) is 6.92 Å². The van der Waals surface area contributed by atoms with E-state index in [1.54, 1.807) is 31.2 Å². The molecule has 0 spiro atoms. The highest BCUT2D eigenvalue weighted by atomic mass is 35.5. The Bertz CT molecular complexity index is 614. The zero-order valence-electron chi connectivity index (χ0n) is 10.8. The summed E-state index contributed by atoms with van der Waals surface area (Å²) in [5.41, 5.74) is 6.25. The Balaban J connectivity index is 2.26. The van der Waals surface area contributed by atoms with Crippen LogP contribution in [0.25, 0.3) is 0 Å². The van der Waals surface area contributed by atoms with Crippen molar-refractivity contribution in [1.82, 2.24) is 4.98 Å². The second-order valence-corrected chi connectivity index (χ2v) is 4.29. The molecule has 6 heteroatoms. The van der Waals surface area contributed by atoms with Gasteiger partial charge in [0, 0.05) is 11.2 Å². The number of nitrogens with zero attached hydrogens (tertiary/aromatic N) is 1. The molecule has 1 aromatic heterocycles. The quantitative estimate of drug-likeness (QED) is 0.875. The number of benzene rings is 1. The van der Waals surface area contributed by atoms with Gasteiger partial charge in [0.05, 0.1) is 12.2 Å². The Labute approximate surface area is 121 Å². The third-order valence-electron chi connectivity index (χ3n) is 2.48. The second-order valence-electron chi connectivity index (χ2n) is 3.85. The van der Waals surface area contributed by atoms with Crippen LogP contribution in [-0.2, 0) is 4.74 Å². The summed E-state index contributed by atoms with van der Waals surface area (Å²) in [6.45, 7) is 1.99. The predicted molar refractivity (Wildman–Crippen MR) is 76.1 cm³/mol. The minimum atomic E-state index is -0.506. The first-order valence-electron chi connectivity index (χ1n) is 5.97. The molecule has 1 aromatic carbocycles. The summed E-state index contributed by atoms with van der Waals surface area (Å²) in [5, 5.41) is 0.596. The van der Waals surface area contributed by atoms with Crippen molar-refractivity contribution in [1.29, 1.82) is 0 Å². The number of nitrogens with two attached hydrogens (primary N) is 1. The second kappa shape index (κ2) is 6.25. The van der Waals surface area contributed by atoms with Crippen molar-refractivity contribution in [2.75, 3.05) is 12.3 Å². The summed E-state index contributed by atoms with van der Waals surface area (Å²) in [7, 11) is 0. The number of aromatic nitrogens is 1. The van der Waals surface area contributed by atoms with Gasteiger partial charge in [-0.2, -0.15) is 0 Å². The molecule has 0 bridgehead atoms. The average Bonchev–Trinajstić information content (AvgIpc) is 2.44. The van der Waals surface area contributed by atoms with Gasteiger partial charge in [-0.25, -0.2) is 9.78 Å². The van der Waals surface area contributed by atoms with Crippen LogP contribution in [0.5, 0.6) is 11.6 Å². The van der Waals surface area contributed by atoms with Gasteiger partial charge in [-0.3, -0.25) is 0 Å². The van der Waals surface area contributed by atoms with Gasteiger partial charge in [0.15, 0.2) is 0 Å². The molecule has 2 N–H and O–H groups in total. The molecule has 104 valence electrons. The fraction of sp³-hybridized carbons (Fsp3) is 0.143. The van der Waals surface area contributed by atoms with Crippen LogP contribution >= 0.6 is 11.6 Å². The molecule has 0 aliphatic heterocycles. The normalized spacial score (nSPS) is 10.1. The van der Waals surface area contributed by atoms with Crippen LogP contribution in [0.3, 0.4) is 0 Å². The van der Waals surface area contributed by atoms with E-state index in [0.29, 0.717) is 10.8 Å². The molecule has 2 rings (SSSR count). The van der Waals surface area contributed by atoms with Gasteiger partial charge in [0.2, 0.25) is 5.88 Å². The van der Waals surface area contributed by atoms with Gasteiger partial charge in [0.1, 0.15) is 11.4 Å². The lowest BCUT2D eigenvalue weighted by atomic mass is 10.2. The number of hydrogen-bond acceptors (Lipinski definition) is 5. The SMILES string of the molecule is CCOC(=O)c1ccnc(Oc2ccc(Cl)cc2)c1N. The van der Waals surface area contributed by atoms with E-state index < -0.39 is 5.97 Å². The van der Waals surface area contributed by atoms with Crippen molar-refractivity contribution in [2.24, 2.45) is 0 Å². The van der Waals surface area contributed by atoms with Crippen LogP contribution in [0.4, 0.5) is 5.69 Å². The molecule has 20 heavy (non-hydrogen) atoms. The van der Waals surface area contributed by atoms with Gasteiger partial charge in [-0.1, -0.05) is 11.6 Å². The molecule has 0 radical (unpaired) electrons. The number of rotatable bonds is 4. The number of hydrogen-bond donors (Lipinski definition) is 1. The number of nitrogen functional groups attached to an aromatic ring is 1. The molecule has 5 nitrogen and oxygen atoms in total. The molecule has 1 heterocycles. The number of anilines is 1. The fourth-order valence-corrected chi connectivity index (χ4v) is 1.66. The number of pyridine rings is 1. The molecule has 2 aromatic rings. The van der Waals surface area contributed by atoms with E-state index in [1.807, 2.05) is 0 Å². The van der Waals surface area contributed by atoms with Crippen LogP contribution in [0.1, 0.15) is 17.3 Å². The molecular weight excluding hydrogens is 280 g/mol. The topological polar surface area (TPSA) is 74.4 Å². The van der Waals surface area contributed by atoms with Crippen molar-refractivity contribution in [3.8, 4) is 11.6 Å². The van der Waals surface area contributed by atoms with Crippen molar-refractivity contribution in [3.63, 3.8) is 0 Å². The van der Waals surface area contributed by atoms with E-state index in [4.69, 9.17) is 26.8 Å². The molecule has 0 fully saturated rings. The van der Waals surface area contributed by atoms with Gasteiger partial charge in [-0.05, 0) is 37.3 Å². The van der Waals surface area contributed by atoms with Crippen LogP contribution in [0, 0.1) is 0 Å². The summed E-state index contributed by atoms with van der Waals surface area (Å²) in [6, 6.07) is 8.22. The highest BCUT2D eigenvalue weighted by Gasteiger charge is 2.15. The predicted octanol–water partition coefficient (Wildman–Crippen LogP) is 3.29. The average molecular weight is 293 g/mol. The first-order chi connectivity index (χ1) is 9.61. The third kappa shape index (κ3) is 3.19. The zero-order valence-corrected chi connectivity index (χ0v) is 11.6. The molecule has 0 aliphatic rings.